The molecule has 4 nitrogen and oxygen atoms in total. The third-order valence-corrected chi connectivity index (χ3v) is 3.49. The van der Waals surface area contributed by atoms with E-state index in [1.54, 1.807) is 13.0 Å². The number of nitrogens with two attached hydrogens (primary N) is 2. The van der Waals surface area contributed by atoms with Gasteiger partial charge in [0.15, 0.2) is 0 Å². The maximum absolute atomic E-state index is 13.2. The highest BCUT2D eigenvalue weighted by Crippen LogP contribution is 2.17. The molecule has 0 fully saturated rings. The van der Waals surface area contributed by atoms with E-state index < -0.39 is 11.4 Å². The minimum atomic E-state index is -0.949. The molecule has 1 atom stereocenters. The van der Waals surface area contributed by atoms with E-state index in [-0.39, 0.29) is 5.82 Å². The Balaban J connectivity index is 2.45. The van der Waals surface area contributed by atoms with E-state index >= 15 is 0 Å². The van der Waals surface area contributed by atoms with Crippen LogP contribution in [0.4, 0.5) is 10.1 Å². The summed E-state index contributed by atoms with van der Waals surface area (Å²) in [6.45, 7) is 5.29. The van der Waals surface area contributed by atoms with Gasteiger partial charge in [0.1, 0.15) is 5.82 Å². The molecule has 0 aromatic heterocycles. The van der Waals surface area contributed by atoms with Crippen molar-refractivity contribution in [1.82, 2.24) is 0 Å². The summed E-state index contributed by atoms with van der Waals surface area (Å²) in [5.74, 6) is -0.709. The van der Waals surface area contributed by atoms with E-state index in [0.717, 1.165) is 31.6 Å². The number of hydrogen-bond donors (Lipinski definition) is 2. The van der Waals surface area contributed by atoms with Gasteiger partial charge in [-0.2, -0.15) is 0 Å². The van der Waals surface area contributed by atoms with E-state index in [4.69, 9.17) is 11.5 Å². The molecular weight excluding hydrogens is 257 g/mol. The largest absolute Gasteiger partial charge is 0.372 e. The van der Waals surface area contributed by atoms with Crippen LogP contribution in [-0.2, 0) is 4.79 Å². The molecule has 1 amide bonds. The second kappa shape index (κ2) is 7.24. The minimum absolute atomic E-state index is 0.232. The average Bonchev–Trinajstić information content (AvgIpc) is 2.38. The number of amides is 1. The first kappa shape index (κ1) is 16.4. The predicted molar refractivity (Wildman–Crippen MR) is 79.9 cm³/mol. The summed E-state index contributed by atoms with van der Waals surface area (Å²) in [6.07, 6.45) is 2.25. The van der Waals surface area contributed by atoms with Crippen molar-refractivity contribution in [2.24, 2.45) is 11.5 Å². The highest BCUT2D eigenvalue weighted by molar-refractivity contribution is 5.83. The molecule has 0 spiro atoms. The van der Waals surface area contributed by atoms with Gasteiger partial charge in [-0.3, -0.25) is 4.79 Å². The van der Waals surface area contributed by atoms with Gasteiger partial charge in [0.2, 0.25) is 5.91 Å². The van der Waals surface area contributed by atoms with Gasteiger partial charge in [-0.1, -0.05) is 6.07 Å². The highest BCUT2D eigenvalue weighted by atomic mass is 19.1. The zero-order valence-corrected chi connectivity index (χ0v) is 12.2. The third-order valence-electron chi connectivity index (χ3n) is 3.49. The molecular formula is C15H24FN3O. The molecule has 0 aliphatic heterocycles. The molecule has 1 unspecified atom stereocenters. The van der Waals surface area contributed by atoms with Gasteiger partial charge in [-0.25, -0.2) is 4.39 Å². The highest BCUT2D eigenvalue weighted by Gasteiger charge is 2.24. The van der Waals surface area contributed by atoms with Crippen LogP contribution in [0.5, 0.6) is 0 Å². The number of anilines is 1. The van der Waals surface area contributed by atoms with Gasteiger partial charge in [0.25, 0.3) is 0 Å². The van der Waals surface area contributed by atoms with Crippen molar-refractivity contribution in [2.45, 2.75) is 38.6 Å². The molecule has 1 rings (SSSR count). The Morgan fingerprint density at radius 3 is 2.65 bits per heavy atom. The van der Waals surface area contributed by atoms with Crippen molar-refractivity contribution in [3.63, 3.8) is 0 Å². The number of unbranched alkanes of at least 4 members (excludes halogenated alkanes) is 1. The van der Waals surface area contributed by atoms with E-state index in [0.29, 0.717) is 6.42 Å². The molecule has 5 heteroatoms. The van der Waals surface area contributed by atoms with Crippen LogP contribution in [0.3, 0.4) is 0 Å². The fraction of sp³-hybridized carbons (Fsp3) is 0.533. The molecule has 1 aromatic carbocycles. The van der Waals surface area contributed by atoms with Crippen LogP contribution in [0.15, 0.2) is 24.3 Å². The van der Waals surface area contributed by atoms with Gasteiger partial charge in [0, 0.05) is 18.8 Å². The van der Waals surface area contributed by atoms with Crippen molar-refractivity contribution in [3.8, 4) is 0 Å². The molecule has 112 valence electrons. The zero-order chi connectivity index (χ0) is 15.2. The van der Waals surface area contributed by atoms with Crippen LogP contribution >= 0.6 is 0 Å². The van der Waals surface area contributed by atoms with Gasteiger partial charge < -0.3 is 16.4 Å². The molecule has 20 heavy (non-hydrogen) atoms. The number of halogens is 1. The molecule has 0 saturated carbocycles. The second-order valence-electron chi connectivity index (χ2n) is 5.30. The number of benzene rings is 1. The Morgan fingerprint density at radius 1 is 1.40 bits per heavy atom. The minimum Gasteiger partial charge on any atom is -0.372 e. The summed E-state index contributed by atoms with van der Waals surface area (Å²) in [5, 5.41) is 0. The van der Waals surface area contributed by atoms with E-state index in [9.17, 15) is 9.18 Å². The zero-order valence-electron chi connectivity index (χ0n) is 12.2. The molecule has 1 aromatic rings. The van der Waals surface area contributed by atoms with Crippen molar-refractivity contribution in [3.05, 3.63) is 30.1 Å². The Kier molecular flexibility index (Phi) is 5.95. The molecule has 0 aliphatic rings. The Labute approximate surface area is 119 Å². The summed E-state index contributed by atoms with van der Waals surface area (Å²) in [6, 6.07) is 6.56. The van der Waals surface area contributed by atoms with Crippen LogP contribution < -0.4 is 16.4 Å². The van der Waals surface area contributed by atoms with E-state index in [1.165, 1.54) is 12.1 Å². The summed E-state index contributed by atoms with van der Waals surface area (Å²) in [5.41, 5.74) is 11.0. The third kappa shape index (κ3) is 4.81. The fourth-order valence-electron chi connectivity index (χ4n) is 2.06. The first-order valence-corrected chi connectivity index (χ1v) is 6.96. The lowest BCUT2D eigenvalue weighted by atomic mass is 9.95. The molecule has 4 N–H and O–H groups in total. The first-order valence-electron chi connectivity index (χ1n) is 6.96. The molecule has 0 bridgehead atoms. The number of carbonyl (C=O) groups is 1. The average molecular weight is 281 g/mol. The van der Waals surface area contributed by atoms with E-state index in [2.05, 4.69) is 4.90 Å². The van der Waals surface area contributed by atoms with Gasteiger partial charge >= 0.3 is 0 Å². The van der Waals surface area contributed by atoms with Crippen molar-refractivity contribution < 1.29 is 9.18 Å². The molecule has 0 aliphatic carbocycles. The maximum Gasteiger partial charge on any atom is 0.237 e. The lowest BCUT2D eigenvalue weighted by Crippen LogP contribution is -2.49. The van der Waals surface area contributed by atoms with Crippen LogP contribution in [0, 0.1) is 5.82 Å². The predicted octanol–water partition coefficient (Wildman–Crippen LogP) is 2.03. The van der Waals surface area contributed by atoms with Gasteiger partial charge in [-0.05, 0) is 51.3 Å². The van der Waals surface area contributed by atoms with Crippen LogP contribution in [0.25, 0.3) is 0 Å². The maximum atomic E-state index is 13.2. The lowest BCUT2D eigenvalue weighted by molar-refractivity contribution is -0.122. The van der Waals surface area contributed by atoms with Crippen LogP contribution in [-0.4, -0.2) is 24.5 Å². The van der Waals surface area contributed by atoms with Crippen molar-refractivity contribution in [1.29, 1.82) is 0 Å². The Morgan fingerprint density at radius 2 is 2.10 bits per heavy atom. The van der Waals surface area contributed by atoms with Crippen LogP contribution in [0.2, 0.25) is 0 Å². The van der Waals surface area contributed by atoms with Gasteiger partial charge in [0.05, 0.1) is 5.54 Å². The number of primary amides is 1. The number of rotatable bonds is 8. The topological polar surface area (TPSA) is 72.3 Å². The normalized spacial score (nSPS) is 13.8. The monoisotopic (exact) mass is 281 g/mol. The molecule has 0 radical (unpaired) electrons. The summed E-state index contributed by atoms with van der Waals surface area (Å²) in [4.78, 5) is 13.2. The standard InChI is InChI=1S/C15H24FN3O/c1-3-19(13-8-6-7-12(16)11-13)10-5-4-9-15(2,18)14(17)20/h6-8,11H,3-5,9-10,18H2,1-2H3,(H2,17,20). The fourth-order valence-corrected chi connectivity index (χ4v) is 2.06. The summed E-state index contributed by atoms with van der Waals surface area (Å²) in [7, 11) is 0. The Bertz CT molecular complexity index is 448. The SMILES string of the molecule is CCN(CCCCC(C)(N)C(N)=O)c1cccc(F)c1. The number of hydrogen-bond acceptors (Lipinski definition) is 3. The first-order chi connectivity index (χ1) is 9.36. The van der Waals surface area contributed by atoms with E-state index in [1.807, 2.05) is 13.0 Å². The van der Waals surface area contributed by atoms with Gasteiger partial charge in [-0.15, -0.1) is 0 Å². The quantitative estimate of drug-likeness (QED) is 0.716. The summed E-state index contributed by atoms with van der Waals surface area (Å²) < 4.78 is 13.2. The van der Waals surface area contributed by atoms with Crippen LogP contribution in [0.1, 0.15) is 33.1 Å². The molecule has 0 saturated heterocycles. The lowest BCUT2D eigenvalue weighted by Gasteiger charge is -2.24. The summed E-state index contributed by atoms with van der Waals surface area (Å²) >= 11 is 0. The Hall–Kier alpha value is -1.62. The number of nitrogens with zero attached hydrogens (tertiary/aromatic N) is 1. The number of carbonyl (C=O) groups excluding carboxylic acids is 1. The second-order valence-corrected chi connectivity index (χ2v) is 5.30. The smallest absolute Gasteiger partial charge is 0.237 e. The van der Waals surface area contributed by atoms with Crippen molar-refractivity contribution >= 4 is 11.6 Å². The van der Waals surface area contributed by atoms with Crippen molar-refractivity contribution in [2.75, 3.05) is 18.0 Å². The molecule has 0 heterocycles.